The number of urea groups is 1. The lowest BCUT2D eigenvalue weighted by atomic mass is 10.1. The summed E-state index contributed by atoms with van der Waals surface area (Å²) in [6.45, 7) is 12.5. The lowest BCUT2D eigenvalue weighted by Gasteiger charge is -2.33. The summed E-state index contributed by atoms with van der Waals surface area (Å²) in [4.78, 5) is 34.0. The van der Waals surface area contributed by atoms with Crippen LogP contribution >= 0.6 is 11.6 Å². The number of hydrogen-bond acceptors (Lipinski definition) is 3. The molecule has 6 nitrogen and oxygen atoms in total. The first kappa shape index (κ1) is 26.7. The molecule has 1 heterocycles. The predicted octanol–water partition coefficient (Wildman–Crippen LogP) is 6.80. The van der Waals surface area contributed by atoms with Gasteiger partial charge in [0, 0.05) is 17.1 Å². The Kier molecular flexibility index (Phi) is 8.60. The molecule has 1 aromatic heterocycles. The maximum atomic E-state index is 13.8. The highest BCUT2D eigenvalue weighted by molar-refractivity contribution is 6.31. The molecule has 2 aromatic carbocycles. The van der Waals surface area contributed by atoms with E-state index in [1.54, 1.807) is 21.6 Å². The van der Waals surface area contributed by atoms with Gasteiger partial charge >= 0.3 is 6.03 Å². The van der Waals surface area contributed by atoms with E-state index in [2.05, 4.69) is 12.2 Å². The molecule has 0 fully saturated rings. The fraction of sp³-hybridized carbons (Fsp3) is 0.464. The quantitative estimate of drug-likeness (QED) is 0.349. The lowest BCUT2D eigenvalue weighted by molar-refractivity contribution is 0.165. The first-order chi connectivity index (χ1) is 16.5. The second-order valence-corrected chi connectivity index (χ2v) is 10.5. The Labute approximate surface area is 213 Å². The number of carbonyl (C=O) groups excluding carboxylic acids is 1. The molecule has 3 aromatic rings. The van der Waals surface area contributed by atoms with Gasteiger partial charge in [-0.15, -0.1) is 0 Å². The number of benzene rings is 2. The number of para-hydroxylation sites is 1. The molecule has 2 amide bonds. The summed E-state index contributed by atoms with van der Waals surface area (Å²) in [5.41, 5.74) is 1.50. The van der Waals surface area contributed by atoms with Crippen molar-refractivity contribution < 1.29 is 4.79 Å². The van der Waals surface area contributed by atoms with E-state index in [1.807, 2.05) is 65.0 Å². The van der Waals surface area contributed by atoms with E-state index in [9.17, 15) is 9.59 Å². The lowest BCUT2D eigenvalue weighted by Crippen LogP contribution is -2.50. The normalized spacial score (nSPS) is 12.5. The van der Waals surface area contributed by atoms with E-state index in [1.165, 1.54) is 0 Å². The van der Waals surface area contributed by atoms with Crippen LogP contribution in [0, 0.1) is 6.92 Å². The second kappa shape index (κ2) is 11.3. The number of nitrogens with one attached hydrogen (secondary N) is 1. The van der Waals surface area contributed by atoms with Crippen molar-refractivity contribution in [1.82, 2.24) is 19.8 Å². The van der Waals surface area contributed by atoms with Crippen LogP contribution in [0.5, 0.6) is 0 Å². The van der Waals surface area contributed by atoms with Crippen molar-refractivity contribution in [2.45, 2.75) is 78.8 Å². The van der Waals surface area contributed by atoms with Crippen LogP contribution in [0.3, 0.4) is 0 Å². The van der Waals surface area contributed by atoms with Crippen LogP contribution in [0.1, 0.15) is 77.7 Å². The maximum Gasteiger partial charge on any atom is 0.318 e. The topological polar surface area (TPSA) is 67.2 Å². The number of amides is 2. The molecule has 0 aliphatic heterocycles. The highest BCUT2D eigenvalue weighted by Crippen LogP contribution is 2.27. The van der Waals surface area contributed by atoms with Gasteiger partial charge < -0.3 is 10.2 Å². The Bertz CT molecular complexity index is 1250. The molecule has 0 aliphatic rings. The van der Waals surface area contributed by atoms with E-state index < -0.39 is 11.6 Å². The van der Waals surface area contributed by atoms with E-state index in [0.29, 0.717) is 34.0 Å². The number of unbranched alkanes of at least 4 members (excludes halogenated alkanes) is 3. The third-order valence-electron chi connectivity index (χ3n) is 6.12. The maximum absolute atomic E-state index is 13.8. The van der Waals surface area contributed by atoms with Gasteiger partial charge in [0.1, 0.15) is 5.82 Å². The first-order valence-corrected chi connectivity index (χ1v) is 12.8. The fourth-order valence-electron chi connectivity index (χ4n) is 4.21. The number of hydrogen-bond donors (Lipinski definition) is 1. The summed E-state index contributed by atoms with van der Waals surface area (Å²) in [5.74, 6) is 0.513. The van der Waals surface area contributed by atoms with E-state index >= 15 is 0 Å². The fourth-order valence-corrected chi connectivity index (χ4v) is 4.38. The molecular weight excluding hydrogens is 460 g/mol. The van der Waals surface area contributed by atoms with Crippen molar-refractivity contribution in [2.75, 3.05) is 6.54 Å². The summed E-state index contributed by atoms with van der Waals surface area (Å²) in [5, 5.41) is 4.19. The Morgan fingerprint density at radius 1 is 1.11 bits per heavy atom. The minimum absolute atomic E-state index is 0.168. The van der Waals surface area contributed by atoms with E-state index in [4.69, 9.17) is 16.6 Å². The predicted molar refractivity (Wildman–Crippen MR) is 145 cm³/mol. The molecule has 1 N–H and O–H groups in total. The minimum Gasteiger partial charge on any atom is -0.333 e. The molecule has 0 radical (unpaired) electrons. The molecule has 1 unspecified atom stereocenters. The van der Waals surface area contributed by atoms with Crippen molar-refractivity contribution in [2.24, 2.45) is 0 Å². The summed E-state index contributed by atoms with van der Waals surface area (Å²) < 4.78 is 1.62. The molecule has 0 saturated carbocycles. The van der Waals surface area contributed by atoms with Crippen molar-refractivity contribution in [1.29, 1.82) is 0 Å². The third kappa shape index (κ3) is 6.23. The van der Waals surface area contributed by atoms with E-state index in [-0.39, 0.29) is 11.6 Å². The summed E-state index contributed by atoms with van der Waals surface area (Å²) >= 11 is 6.44. The smallest absolute Gasteiger partial charge is 0.318 e. The minimum atomic E-state index is -0.449. The van der Waals surface area contributed by atoms with Gasteiger partial charge in [0.25, 0.3) is 5.56 Å². The molecule has 0 aliphatic carbocycles. The monoisotopic (exact) mass is 496 g/mol. The number of carbonyl (C=O) groups is 1. The largest absolute Gasteiger partial charge is 0.333 e. The van der Waals surface area contributed by atoms with Crippen molar-refractivity contribution >= 4 is 28.5 Å². The average molecular weight is 497 g/mol. The zero-order valence-corrected chi connectivity index (χ0v) is 22.4. The first-order valence-electron chi connectivity index (χ1n) is 12.4. The highest BCUT2D eigenvalue weighted by Gasteiger charge is 2.29. The van der Waals surface area contributed by atoms with Crippen LogP contribution in [0.25, 0.3) is 16.6 Å². The van der Waals surface area contributed by atoms with Crippen molar-refractivity contribution in [3.05, 3.63) is 69.2 Å². The van der Waals surface area contributed by atoms with E-state index in [0.717, 1.165) is 31.2 Å². The van der Waals surface area contributed by atoms with Gasteiger partial charge in [-0.3, -0.25) is 9.36 Å². The molecule has 0 saturated heterocycles. The molecule has 0 spiro atoms. The van der Waals surface area contributed by atoms with Crippen LogP contribution in [0.15, 0.2) is 47.3 Å². The van der Waals surface area contributed by atoms with Gasteiger partial charge in [0.2, 0.25) is 0 Å². The zero-order valence-electron chi connectivity index (χ0n) is 21.7. The third-order valence-corrected chi connectivity index (χ3v) is 6.53. The van der Waals surface area contributed by atoms with Crippen molar-refractivity contribution in [3.8, 4) is 5.69 Å². The summed E-state index contributed by atoms with van der Waals surface area (Å²) in [6.07, 6.45) is 4.14. The molecule has 7 heteroatoms. The molecular formula is C28H37ClN4O2. The number of fused-ring (bicyclic) bond motifs is 1. The van der Waals surface area contributed by atoms with Gasteiger partial charge in [-0.1, -0.05) is 56.0 Å². The van der Waals surface area contributed by atoms with Gasteiger partial charge in [-0.2, -0.15) is 0 Å². The van der Waals surface area contributed by atoms with Crippen LogP contribution < -0.4 is 10.9 Å². The number of halogens is 1. The van der Waals surface area contributed by atoms with Gasteiger partial charge in [0.05, 0.1) is 22.6 Å². The second-order valence-electron chi connectivity index (χ2n) is 10.1. The van der Waals surface area contributed by atoms with Crippen LogP contribution in [0.4, 0.5) is 4.79 Å². The average Bonchev–Trinajstić information content (AvgIpc) is 2.79. The van der Waals surface area contributed by atoms with Crippen LogP contribution in [0.2, 0.25) is 5.02 Å². The van der Waals surface area contributed by atoms with Gasteiger partial charge in [-0.05, 0) is 70.9 Å². The van der Waals surface area contributed by atoms with Gasteiger partial charge in [0.15, 0.2) is 0 Å². The molecule has 35 heavy (non-hydrogen) atoms. The summed E-state index contributed by atoms with van der Waals surface area (Å²) in [7, 11) is 0. The summed E-state index contributed by atoms with van der Waals surface area (Å²) in [6, 6.07) is 12.2. The Balaban J connectivity index is 2.19. The SMILES string of the molecule is CCCCCCN(C(=O)NC(C)(C)C)C(C)c1nc2ccccc2c(=O)n1-c1cccc(Cl)c1C. The van der Waals surface area contributed by atoms with Gasteiger partial charge in [-0.25, -0.2) is 9.78 Å². The zero-order chi connectivity index (χ0) is 25.8. The molecule has 3 rings (SSSR count). The van der Waals surface area contributed by atoms with Crippen molar-refractivity contribution in [3.63, 3.8) is 0 Å². The van der Waals surface area contributed by atoms with Crippen LogP contribution in [-0.4, -0.2) is 32.6 Å². The van der Waals surface area contributed by atoms with Crippen LogP contribution in [-0.2, 0) is 0 Å². The standard InChI is InChI=1S/C28H37ClN4O2/c1-7-8-9-12-18-32(27(35)31-28(4,5)6)20(3)25-30-23-16-11-10-14-21(23)26(34)33(25)24-17-13-15-22(29)19(24)2/h10-11,13-17,20H,7-9,12,18H2,1-6H3,(H,31,35). The highest BCUT2D eigenvalue weighted by atomic mass is 35.5. The number of nitrogens with zero attached hydrogens (tertiary/aromatic N) is 3. The Hall–Kier alpha value is -2.86. The molecule has 1 atom stereocenters. The Morgan fingerprint density at radius 3 is 2.51 bits per heavy atom. The number of aromatic nitrogens is 2. The number of rotatable bonds is 8. The molecule has 188 valence electrons. The molecule has 0 bridgehead atoms. The Morgan fingerprint density at radius 2 is 1.83 bits per heavy atom.